The van der Waals surface area contributed by atoms with Crippen LogP contribution < -0.4 is 14.8 Å². The summed E-state index contributed by atoms with van der Waals surface area (Å²) in [6, 6.07) is 10.2. The number of amides is 1. The summed E-state index contributed by atoms with van der Waals surface area (Å²) in [6.07, 6.45) is 0. The molecule has 0 saturated heterocycles. The minimum Gasteiger partial charge on any atom is -0.496 e. The maximum Gasteiger partial charge on any atom is 0.338 e. The van der Waals surface area contributed by atoms with Gasteiger partial charge in [0.05, 0.1) is 25.5 Å². The van der Waals surface area contributed by atoms with Crippen LogP contribution in [0.3, 0.4) is 0 Å². The highest BCUT2D eigenvalue weighted by molar-refractivity contribution is 9.10. The van der Waals surface area contributed by atoms with Gasteiger partial charge in [-0.1, -0.05) is 12.1 Å². The van der Waals surface area contributed by atoms with E-state index in [9.17, 15) is 9.59 Å². The zero-order valence-corrected chi connectivity index (χ0v) is 15.7. The Hall–Kier alpha value is -2.54. The molecule has 1 N–H and O–H groups in total. The third-order valence-electron chi connectivity index (χ3n) is 3.47. The summed E-state index contributed by atoms with van der Waals surface area (Å²) in [5.41, 5.74) is 1.61. The molecular weight excluding hydrogens is 390 g/mol. The topological polar surface area (TPSA) is 73.9 Å². The molecule has 0 aromatic heterocycles. The van der Waals surface area contributed by atoms with Crippen molar-refractivity contribution >= 4 is 33.5 Å². The fourth-order valence-corrected chi connectivity index (χ4v) is 2.55. The smallest absolute Gasteiger partial charge is 0.338 e. The molecule has 0 saturated carbocycles. The molecule has 0 radical (unpaired) electrons. The summed E-state index contributed by atoms with van der Waals surface area (Å²) in [6.45, 7) is 1.41. The van der Waals surface area contributed by atoms with Crippen molar-refractivity contribution in [3.8, 4) is 11.5 Å². The van der Waals surface area contributed by atoms with E-state index in [2.05, 4.69) is 21.2 Å². The van der Waals surface area contributed by atoms with Gasteiger partial charge in [-0.3, -0.25) is 4.79 Å². The minimum absolute atomic E-state index is 0.244. The number of benzene rings is 2. The second kappa shape index (κ2) is 8.53. The Morgan fingerprint density at radius 1 is 1.08 bits per heavy atom. The largest absolute Gasteiger partial charge is 0.496 e. The Bertz CT molecular complexity index is 766. The lowest BCUT2D eigenvalue weighted by atomic mass is 10.1. The first-order chi connectivity index (χ1) is 12.0. The molecule has 132 valence electrons. The zero-order valence-electron chi connectivity index (χ0n) is 14.1. The van der Waals surface area contributed by atoms with Crippen LogP contribution in [0.25, 0.3) is 0 Å². The van der Waals surface area contributed by atoms with Gasteiger partial charge in [-0.2, -0.15) is 0 Å². The summed E-state index contributed by atoms with van der Waals surface area (Å²) in [5.74, 6) is -0.0712. The number of carbonyl (C=O) groups excluding carboxylic acids is 2. The van der Waals surface area contributed by atoms with Crippen molar-refractivity contribution in [1.29, 1.82) is 0 Å². The number of hydrogen-bond donors (Lipinski definition) is 1. The Morgan fingerprint density at radius 2 is 1.68 bits per heavy atom. The van der Waals surface area contributed by atoms with Crippen LogP contribution in [0.4, 0.5) is 5.69 Å². The fourth-order valence-electron chi connectivity index (χ4n) is 2.17. The summed E-state index contributed by atoms with van der Waals surface area (Å²) in [4.78, 5) is 24.1. The highest BCUT2D eigenvalue weighted by Gasteiger charge is 2.16. The van der Waals surface area contributed by atoms with Crippen molar-refractivity contribution in [2.75, 3.05) is 26.1 Å². The summed E-state index contributed by atoms with van der Waals surface area (Å²) >= 11 is 3.33. The zero-order chi connectivity index (χ0) is 18.4. The van der Waals surface area contributed by atoms with Crippen LogP contribution in [-0.2, 0) is 9.53 Å². The third kappa shape index (κ3) is 4.73. The number of esters is 1. The van der Waals surface area contributed by atoms with Gasteiger partial charge in [0.1, 0.15) is 11.5 Å². The summed E-state index contributed by atoms with van der Waals surface area (Å²) < 4.78 is 16.2. The van der Waals surface area contributed by atoms with Crippen LogP contribution in [0.5, 0.6) is 11.5 Å². The molecule has 0 atom stereocenters. The lowest BCUT2D eigenvalue weighted by Crippen LogP contribution is -2.21. The van der Waals surface area contributed by atoms with Crippen LogP contribution in [0.1, 0.15) is 15.9 Å². The molecule has 25 heavy (non-hydrogen) atoms. The van der Waals surface area contributed by atoms with Gasteiger partial charge < -0.3 is 19.5 Å². The number of methoxy groups -OCH3 is 2. The second-order valence-electron chi connectivity index (χ2n) is 5.11. The van der Waals surface area contributed by atoms with Gasteiger partial charge in [0.2, 0.25) is 0 Å². The summed E-state index contributed by atoms with van der Waals surface area (Å²) in [7, 11) is 3.00. The van der Waals surface area contributed by atoms with E-state index in [0.717, 1.165) is 10.0 Å². The molecular formula is C18H18BrNO5. The van der Waals surface area contributed by atoms with Crippen LogP contribution in [0.15, 0.2) is 40.9 Å². The van der Waals surface area contributed by atoms with E-state index >= 15 is 0 Å². The maximum atomic E-state index is 12.2. The molecule has 6 nitrogen and oxygen atoms in total. The average molecular weight is 408 g/mol. The number of para-hydroxylation sites is 1. The monoisotopic (exact) mass is 407 g/mol. The van der Waals surface area contributed by atoms with Gasteiger partial charge in [-0.25, -0.2) is 4.79 Å². The lowest BCUT2D eigenvalue weighted by molar-refractivity contribution is -0.119. The van der Waals surface area contributed by atoms with Gasteiger partial charge in [0.15, 0.2) is 6.61 Å². The van der Waals surface area contributed by atoms with Gasteiger partial charge in [0.25, 0.3) is 5.91 Å². The highest BCUT2D eigenvalue weighted by Crippen LogP contribution is 2.29. The second-order valence-corrected chi connectivity index (χ2v) is 5.96. The van der Waals surface area contributed by atoms with Crippen LogP contribution >= 0.6 is 15.9 Å². The van der Waals surface area contributed by atoms with E-state index in [1.807, 2.05) is 13.0 Å². The van der Waals surface area contributed by atoms with E-state index < -0.39 is 18.5 Å². The van der Waals surface area contributed by atoms with Crippen molar-refractivity contribution in [2.24, 2.45) is 0 Å². The maximum absolute atomic E-state index is 12.2. The first kappa shape index (κ1) is 18.8. The first-order valence-electron chi connectivity index (χ1n) is 7.40. The molecule has 0 unspecified atom stereocenters. The molecule has 0 spiro atoms. The van der Waals surface area contributed by atoms with Crippen molar-refractivity contribution in [1.82, 2.24) is 0 Å². The quantitative estimate of drug-likeness (QED) is 0.740. The van der Waals surface area contributed by atoms with Crippen molar-refractivity contribution in [3.63, 3.8) is 0 Å². The highest BCUT2D eigenvalue weighted by atomic mass is 79.9. The predicted molar refractivity (Wildman–Crippen MR) is 97.3 cm³/mol. The van der Waals surface area contributed by atoms with Gasteiger partial charge >= 0.3 is 5.97 Å². The van der Waals surface area contributed by atoms with Crippen molar-refractivity contribution < 1.29 is 23.8 Å². The number of hydrogen-bond acceptors (Lipinski definition) is 5. The summed E-state index contributed by atoms with van der Waals surface area (Å²) in [5, 5.41) is 2.66. The molecule has 0 heterocycles. The third-order valence-corrected chi connectivity index (χ3v) is 4.16. The molecule has 2 aromatic rings. The SMILES string of the molecule is COc1cc(C(=O)OCC(=O)Nc2ccccc2Br)cc(OC)c1C. The molecule has 1 amide bonds. The molecule has 7 heteroatoms. The number of anilines is 1. The number of rotatable bonds is 6. The number of nitrogens with one attached hydrogen (secondary N) is 1. The normalized spacial score (nSPS) is 10.1. The Kier molecular flexibility index (Phi) is 6.41. The predicted octanol–water partition coefficient (Wildman–Crippen LogP) is 3.57. The molecule has 0 aliphatic carbocycles. The number of carbonyl (C=O) groups is 2. The molecule has 2 aromatic carbocycles. The Morgan fingerprint density at radius 3 is 2.24 bits per heavy atom. The molecule has 0 bridgehead atoms. The van der Waals surface area contributed by atoms with E-state index in [-0.39, 0.29) is 5.56 Å². The Balaban J connectivity index is 2.03. The van der Waals surface area contributed by atoms with Gasteiger partial charge in [-0.05, 0) is 47.1 Å². The van der Waals surface area contributed by atoms with E-state index in [1.54, 1.807) is 30.3 Å². The van der Waals surface area contributed by atoms with E-state index in [1.165, 1.54) is 14.2 Å². The average Bonchev–Trinajstić information content (AvgIpc) is 2.61. The standard InChI is InChI=1S/C18H18BrNO5/c1-11-15(23-2)8-12(9-16(11)24-3)18(22)25-10-17(21)20-14-7-5-4-6-13(14)19/h4-9H,10H2,1-3H3,(H,20,21). The molecule has 0 fully saturated rings. The lowest BCUT2D eigenvalue weighted by Gasteiger charge is -2.12. The van der Waals surface area contributed by atoms with Crippen LogP contribution in [0, 0.1) is 6.92 Å². The van der Waals surface area contributed by atoms with Gasteiger partial charge in [-0.15, -0.1) is 0 Å². The minimum atomic E-state index is -0.640. The van der Waals surface area contributed by atoms with Gasteiger partial charge in [0, 0.05) is 10.0 Å². The van der Waals surface area contributed by atoms with Crippen LogP contribution in [-0.4, -0.2) is 32.7 Å². The Labute approximate surface area is 154 Å². The van der Waals surface area contributed by atoms with E-state index in [0.29, 0.717) is 17.2 Å². The number of ether oxygens (including phenoxy) is 3. The van der Waals surface area contributed by atoms with E-state index in [4.69, 9.17) is 14.2 Å². The first-order valence-corrected chi connectivity index (χ1v) is 8.19. The molecule has 0 aliphatic heterocycles. The van der Waals surface area contributed by atoms with Crippen molar-refractivity contribution in [3.05, 3.63) is 52.0 Å². The molecule has 0 aliphatic rings. The van der Waals surface area contributed by atoms with Crippen LogP contribution in [0.2, 0.25) is 0 Å². The fraction of sp³-hybridized carbons (Fsp3) is 0.222. The number of halogens is 1. The van der Waals surface area contributed by atoms with Crippen molar-refractivity contribution in [2.45, 2.75) is 6.92 Å². The molecule has 2 rings (SSSR count).